The maximum atomic E-state index is 11.5. The zero-order valence-electron chi connectivity index (χ0n) is 14.3. The van der Waals surface area contributed by atoms with Crippen LogP contribution in [0.1, 0.15) is 38.4 Å². The summed E-state index contributed by atoms with van der Waals surface area (Å²) < 4.78 is 0. The number of aliphatic hydroxyl groups excluding tert-OH is 1. The number of nitro groups is 1. The first-order chi connectivity index (χ1) is 11.5. The van der Waals surface area contributed by atoms with E-state index in [1.54, 1.807) is 12.1 Å². The quantitative estimate of drug-likeness (QED) is 0.678. The second-order valence-corrected chi connectivity index (χ2v) is 7.83. The summed E-state index contributed by atoms with van der Waals surface area (Å²) in [4.78, 5) is 15.9. The highest BCUT2D eigenvalue weighted by molar-refractivity contribution is 5.43. The molecule has 0 amide bonds. The van der Waals surface area contributed by atoms with Crippen molar-refractivity contribution < 1.29 is 10.0 Å². The molecule has 0 radical (unpaired) electrons. The van der Waals surface area contributed by atoms with Gasteiger partial charge < -0.3 is 5.11 Å². The third-order valence-electron chi connectivity index (χ3n) is 6.74. The van der Waals surface area contributed by atoms with Crippen molar-refractivity contribution in [3.63, 3.8) is 0 Å². The second-order valence-electron chi connectivity index (χ2n) is 7.83. The van der Waals surface area contributed by atoms with Gasteiger partial charge in [-0.15, -0.1) is 0 Å². The van der Waals surface area contributed by atoms with Crippen LogP contribution in [0.5, 0.6) is 0 Å². The van der Waals surface area contributed by atoms with E-state index in [4.69, 9.17) is 0 Å². The Hall–Kier alpha value is -1.50. The van der Waals surface area contributed by atoms with Crippen molar-refractivity contribution in [2.45, 2.75) is 39.0 Å². The van der Waals surface area contributed by atoms with E-state index in [9.17, 15) is 15.2 Å². The van der Waals surface area contributed by atoms with Gasteiger partial charge in [0.25, 0.3) is 5.69 Å². The van der Waals surface area contributed by atoms with Crippen molar-refractivity contribution in [3.05, 3.63) is 39.9 Å². The first kappa shape index (κ1) is 16.0. The molecule has 1 aromatic rings. The molecule has 0 spiro atoms. The number of hydrogen-bond donors (Lipinski definition) is 1. The van der Waals surface area contributed by atoms with E-state index in [-0.39, 0.29) is 33.7 Å². The summed E-state index contributed by atoms with van der Waals surface area (Å²) in [6.45, 7) is 7.59. The van der Waals surface area contributed by atoms with E-state index in [2.05, 4.69) is 23.6 Å². The summed E-state index contributed by atoms with van der Waals surface area (Å²) in [5, 5.41) is 22.5. The monoisotopic (exact) mass is 331 g/mol. The van der Waals surface area contributed by atoms with Crippen LogP contribution < -0.4 is 0 Å². The van der Waals surface area contributed by atoms with Crippen LogP contribution in [0.15, 0.2) is 24.3 Å². The Bertz CT molecular complexity index is 637. The summed E-state index contributed by atoms with van der Waals surface area (Å²) in [6, 6.07) is 7.10. The van der Waals surface area contributed by atoms with Gasteiger partial charge in [-0.3, -0.25) is 19.9 Å². The van der Waals surface area contributed by atoms with E-state index in [0.29, 0.717) is 0 Å². The molecule has 4 aliphatic heterocycles. The van der Waals surface area contributed by atoms with Gasteiger partial charge >= 0.3 is 0 Å². The molecule has 4 aliphatic rings. The number of benzene rings is 1. The molecule has 4 bridgehead atoms. The average Bonchev–Trinajstić information content (AvgIpc) is 2.58. The maximum Gasteiger partial charge on any atom is 0.275 e. The van der Waals surface area contributed by atoms with Crippen LogP contribution >= 0.6 is 0 Å². The van der Waals surface area contributed by atoms with Gasteiger partial charge in [0.2, 0.25) is 0 Å². The molecule has 1 aromatic carbocycles. The van der Waals surface area contributed by atoms with Gasteiger partial charge in [-0.2, -0.15) is 0 Å². The smallest absolute Gasteiger partial charge is 0.275 e. The van der Waals surface area contributed by atoms with Crippen LogP contribution in [0.4, 0.5) is 5.69 Å². The number of nitrogens with zero attached hydrogens (tertiary/aromatic N) is 3. The molecule has 5 rings (SSSR count). The number of nitro benzene ring substituents is 1. The third kappa shape index (κ3) is 1.93. The van der Waals surface area contributed by atoms with Gasteiger partial charge in [0, 0.05) is 43.1 Å². The Morgan fingerprint density at radius 1 is 1.12 bits per heavy atom. The van der Waals surface area contributed by atoms with E-state index >= 15 is 0 Å². The fourth-order valence-electron chi connectivity index (χ4n) is 5.50. The minimum atomic E-state index is -0.279. The van der Waals surface area contributed by atoms with Crippen LogP contribution in [0.2, 0.25) is 0 Å². The van der Waals surface area contributed by atoms with Crippen molar-refractivity contribution >= 4 is 5.69 Å². The minimum Gasteiger partial charge on any atom is -0.392 e. The van der Waals surface area contributed by atoms with Gasteiger partial charge in [0.15, 0.2) is 0 Å². The maximum absolute atomic E-state index is 11.5. The molecular formula is C18H25N3O3. The lowest BCUT2D eigenvalue weighted by Gasteiger charge is -2.69. The van der Waals surface area contributed by atoms with Crippen LogP contribution in [0.3, 0.4) is 0 Å². The predicted octanol–water partition coefficient (Wildman–Crippen LogP) is 2.39. The second kappa shape index (κ2) is 5.25. The van der Waals surface area contributed by atoms with Crippen LogP contribution in [-0.4, -0.2) is 52.1 Å². The summed E-state index contributed by atoms with van der Waals surface area (Å²) in [6.07, 6.45) is 1.55. The lowest BCUT2D eigenvalue weighted by Crippen LogP contribution is -2.78. The zero-order chi connectivity index (χ0) is 17.1. The Morgan fingerprint density at radius 2 is 1.62 bits per heavy atom. The van der Waals surface area contributed by atoms with Crippen molar-refractivity contribution in [1.82, 2.24) is 9.80 Å². The number of hydrogen-bond acceptors (Lipinski definition) is 5. The number of rotatable bonds is 4. The lowest BCUT2D eigenvalue weighted by molar-refractivity contribution is -0.387. The molecule has 4 fully saturated rings. The Labute approximate surface area is 142 Å². The van der Waals surface area contributed by atoms with E-state index in [0.717, 1.165) is 44.6 Å². The topological polar surface area (TPSA) is 69.9 Å². The highest BCUT2D eigenvalue weighted by Gasteiger charge is 2.64. The van der Waals surface area contributed by atoms with Crippen LogP contribution in [0, 0.1) is 20.9 Å². The zero-order valence-corrected chi connectivity index (χ0v) is 14.3. The highest BCUT2D eigenvalue weighted by atomic mass is 16.6. The van der Waals surface area contributed by atoms with Crippen LogP contribution in [0.25, 0.3) is 0 Å². The third-order valence-corrected chi connectivity index (χ3v) is 6.74. The summed E-state index contributed by atoms with van der Waals surface area (Å²) in [5.41, 5.74) is 0.777. The number of para-hydroxylation sites is 1. The first-order valence-electron chi connectivity index (χ1n) is 8.86. The fourth-order valence-corrected chi connectivity index (χ4v) is 5.50. The molecule has 0 aliphatic carbocycles. The van der Waals surface area contributed by atoms with Gasteiger partial charge in [-0.25, -0.2) is 0 Å². The lowest BCUT2D eigenvalue weighted by atomic mass is 9.57. The van der Waals surface area contributed by atoms with Crippen molar-refractivity contribution in [2.75, 3.05) is 26.2 Å². The van der Waals surface area contributed by atoms with Gasteiger partial charge in [0.1, 0.15) is 0 Å². The van der Waals surface area contributed by atoms with Crippen LogP contribution in [-0.2, 0) is 0 Å². The molecule has 0 aromatic heterocycles. The predicted molar refractivity (Wildman–Crippen MR) is 90.4 cm³/mol. The minimum absolute atomic E-state index is 0.0431. The average molecular weight is 331 g/mol. The standard InChI is InChI=1S/C18H25N3O3/c1-3-17-9-19-11-18(4-2,16(17)22)12-20(10-17)15(19)13-7-5-6-8-14(13)21(23)24/h5-8,15-16,22H,3-4,9-12H2,1-2H3. The number of piperidine rings is 2. The largest absolute Gasteiger partial charge is 0.392 e. The molecule has 130 valence electrons. The summed E-state index contributed by atoms with van der Waals surface area (Å²) >= 11 is 0. The van der Waals surface area contributed by atoms with E-state index in [1.807, 2.05) is 12.1 Å². The first-order valence-corrected chi connectivity index (χ1v) is 8.86. The Morgan fingerprint density at radius 3 is 2.08 bits per heavy atom. The molecule has 4 saturated heterocycles. The van der Waals surface area contributed by atoms with E-state index in [1.165, 1.54) is 0 Å². The number of aliphatic hydroxyl groups is 1. The Kier molecular flexibility index (Phi) is 3.50. The SMILES string of the molecule is CCC12CN3CC(CC)(CN(C1)C3c1ccccc1[N+](=O)[O-])C2O. The molecule has 6 heteroatoms. The molecule has 4 heterocycles. The van der Waals surface area contributed by atoms with Crippen molar-refractivity contribution in [1.29, 1.82) is 0 Å². The molecule has 1 N–H and O–H groups in total. The molecule has 6 nitrogen and oxygen atoms in total. The molecule has 0 saturated carbocycles. The van der Waals surface area contributed by atoms with Gasteiger partial charge in [-0.1, -0.05) is 26.0 Å². The summed E-state index contributed by atoms with van der Waals surface area (Å²) in [7, 11) is 0. The normalized spacial score (nSPS) is 43.1. The van der Waals surface area contributed by atoms with Gasteiger partial charge in [-0.05, 0) is 18.9 Å². The molecule has 24 heavy (non-hydrogen) atoms. The summed E-state index contributed by atoms with van der Waals surface area (Å²) in [5.74, 6) is 0. The van der Waals surface area contributed by atoms with Crippen molar-refractivity contribution in [3.8, 4) is 0 Å². The fraction of sp³-hybridized carbons (Fsp3) is 0.667. The van der Waals surface area contributed by atoms with Crippen molar-refractivity contribution in [2.24, 2.45) is 10.8 Å². The van der Waals surface area contributed by atoms with Gasteiger partial charge in [0.05, 0.1) is 22.8 Å². The molecule has 0 atom stereocenters. The van der Waals surface area contributed by atoms with E-state index < -0.39 is 0 Å². The Balaban J connectivity index is 1.78. The molecular weight excluding hydrogens is 306 g/mol. The highest BCUT2D eigenvalue weighted by Crippen LogP contribution is 2.57. The molecule has 0 unspecified atom stereocenters.